The summed E-state index contributed by atoms with van der Waals surface area (Å²) in [7, 11) is 1.41. The minimum Gasteiger partial charge on any atom is -0.277 e. The maximum absolute atomic E-state index is 12.5. The Morgan fingerprint density at radius 1 is 0.719 bits per heavy atom. The lowest BCUT2D eigenvalue weighted by molar-refractivity contribution is 0.0538. The summed E-state index contributed by atoms with van der Waals surface area (Å²) in [6, 6.07) is 38.2. The monoisotopic (exact) mass is 438 g/mol. The molecule has 0 saturated heterocycles. The number of benzene rings is 4. The third-order valence-corrected chi connectivity index (χ3v) is 8.71. The van der Waals surface area contributed by atoms with Gasteiger partial charge in [-0.2, -0.15) is 0 Å². The van der Waals surface area contributed by atoms with Gasteiger partial charge < -0.3 is 0 Å². The van der Waals surface area contributed by atoms with Gasteiger partial charge in [0, 0.05) is 6.89 Å². The van der Waals surface area contributed by atoms with Crippen LogP contribution in [0.15, 0.2) is 120 Å². The van der Waals surface area contributed by atoms with E-state index in [2.05, 4.69) is 47.5 Å². The highest BCUT2D eigenvalue weighted by atomic mass is 31.2. The Hall–Kier alpha value is -3.68. The molecule has 0 bridgehead atoms. The molecule has 0 aliphatic carbocycles. The molecular formula is C27H23N2O2P. The number of nitrogens with one attached hydrogen (secondary N) is 1. The Bertz CT molecular complexity index is 1180. The van der Waals surface area contributed by atoms with Crippen LogP contribution in [0.25, 0.3) is 0 Å². The van der Waals surface area contributed by atoms with E-state index in [0.29, 0.717) is 11.3 Å². The topological polar surface area (TPSA) is 50.7 Å². The maximum Gasteiger partial charge on any atom is 0.277 e. The molecule has 1 N–H and O–H groups in total. The second kappa shape index (κ2) is 10.1. The standard InChI is InChI=1S/C27H23N2O2P/c1-31-29-27(30)25-19-11-12-20-26(25)28-21-32(22-13-5-2-6-14-22,23-15-7-3-8-16-23)24-17-9-4-10-18-24/h2-20H,1H3,(H,29,30). The fraction of sp³-hybridized carbons (Fsp3) is 0.0370. The lowest BCUT2D eigenvalue weighted by atomic mass is 10.2. The Balaban J connectivity index is 2.08. The molecule has 0 atom stereocenters. The van der Waals surface area contributed by atoms with E-state index >= 15 is 0 Å². The van der Waals surface area contributed by atoms with Crippen LogP contribution in [0.1, 0.15) is 10.4 Å². The molecular weight excluding hydrogens is 415 g/mol. The molecule has 0 aromatic heterocycles. The third-order valence-electron chi connectivity index (χ3n) is 5.09. The number of nitrogens with zero attached hydrogens (tertiary/aromatic N) is 1. The Morgan fingerprint density at radius 2 is 1.16 bits per heavy atom. The van der Waals surface area contributed by atoms with E-state index in [0.717, 1.165) is 15.9 Å². The van der Waals surface area contributed by atoms with E-state index in [9.17, 15) is 4.79 Å². The van der Waals surface area contributed by atoms with E-state index < -0.39 is 6.89 Å². The average Bonchev–Trinajstić information content (AvgIpc) is 2.87. The second-order valence-corrected chi connectivity index (χ2v) is 10.1. The zero-order valence-corrected chi connectivity index (χ0v) is 18.6. The van der Waals surface area contributed by atoms with Crippen LogP contribution in [0.5, 0.6) is 0 Å². The van der Waals surface area contributed by atoms with Gasteiger partial charge in [-0.15, -0.1) is 0 Å². The summed E-state index contributed by atoms with van der Waals surface area (Å²) >= 11 is 0. The van der Waals surface area contributed by atoms with Gasteiger partial charge in [-0.3, -0.25) is 9.63 Å². The van der Waals surface area contributed by atoms with Crippen LogP contribution in [-0.4, -0.2) is 18.6 Å². The number of para-hydroxylation sites is 1. The average molecular weight is 438 g/mol. The molecule has 4 rings (SSSR count). The molecule has 0 heterocycles. The minimum absolute atomic E-state index is 0.350. The van der Waals surface area contributed by atoms with Crippen molar-refractivity contribution >= 4 is 40.0 Å². The van der Waals surface area contributed by atoms with Gasteiger partial charge in [0.2, 0.25) is 0 Å². The largest absolute Gasteiger partial charge is 0.277 e. The lowest BCUT2D eigenvalue weighted by Crippen LogP contribution is -2.25. The molecule has 32 heavy (non-hydrogen) atoms. The molecule has 5 heteroatoms. The van der Waals surface area contributed by atoms with Gasteiger partial charge in [-0.25, -0.2) is 10.5 Å². The van der Waals surface area contributed by atoms with Crippen molar-refractivity contribution in [3.8, 4) is 0 Å². The summed E-state index contributed by atoms with van der Waals surface area (Å²) in [6.07, 6.45) is 0. The molecule has 0 aliphatic rings. The number of hydrogen-bond donors (Lipinski definition) is 1. The maximum atomic E-state index is 12.5. The molecule has 4 aromatic carbocycles. The van der Waals surface area contributed by atoms with Crippen LogP contribution < -0.4 is 21.4 Å². The number of aliphatic imine (C=N–C) groups is 1. The summed E-state index contributed by atoms with van der Waals surface area (Å²) < 4.78 is 0. The summed E-state index contributed by atoms with van der Waals surface area (Å²) in [6.45, 7) is -2.36. The number of carbonyl (C=O) groups excluding carboxylic acids is 1. The van der Waals surface area contributed by atoms with Gasteiger partial charge in [0.05, 0.1) is 18.4 Å². The van der Waals surface area contributed by atoms with E-state index in [-0.39, 0.29) is 5.91 Å². The first-order valence-electron chi connectivity index (χ1n) is 10.2. The lowest BCUT2D eigenvalue weighted by Gasteiger charge is -2.25. The molecule has 4 nitrogen and oxygen atoms in total. The van der Waals surface area contributed by atoms with Crippen molar-refractivity contribution in [3.63, 3.8) is 0 Å². The van der Waals surface area contributed by atoms with E-state index in [1.807, 2.05) is 66.7 Å². The molecule has 0 saturated carbocycles. The highest BCUT2D eigenvalue weighted by molar-refractivity contribution is 7.93. The molecule has 0 spiro atoms. The normalized spacial score (nSPS) is 10.8. The first-order valence-corrected chi connectivity index (χ1v) is 12.0. The van der Waals surface area contributed by atoms with Crippen LogP contribution >= 0.6 is 6.89 Å². The summed E-state index contributed by atoms with van der Waals surface area (Å²) in [4.78, 5) is 22.1. The summed E-state index contributed by atoms with van der Waals surface area (Å²) in [5.74, 6) is -0.350. The van der Waals surface area contributed by atoms with Crippen LogP contribution in [0, 0.1) is 0 Å². The molecule has 0 unspecified atom stereocenters. The fourth-order valence-electron chi connectivity index (χ4n) is 3.61. The smallest absolute Gasteiger partial charge is 0.277 e. The molecule has 1 amide bonds. The summed E-state index contributed by atoms with van der Waals surface area (Å²) in [5.41, 5.74) is 6.89. The van der Waals surface area contributed by atoms with Gasteiger partial charge in [-0.1, -0.05) is 103 Å². The van der Waals surface area contributed by atoms with E-state index in [1.165, 1.54) is 7.11 Å². The number of rotatable bonds is 6. The van der Waals surface area contributed by atoms with Crippen LogP contribution in [0.4, 0.5) is 5.69 Å². The predicted octanol–water partition coefficient (Wildman–Crippen LogP) is 4.51. The minimum atomic E-state index is -2.36. The molecule has 158 valence electrons. The van der Waals surface area contributed by atoms with E-state index in [4.69, 9.17) is 9.83 Å². The van der Waals surface area contributed by atoms with Crippen molar-refractivity contribution < 1.29 is 9.63 Å². The van der Waals surface area contributed by atoms with Gasteiger partial charge in [0.1, 0.15) is 0 Å². The number of amides is 1. The van der Waals surface area contributed by atoms with Crippen molar-refractivity contribution in [3.05, 3.63) is 121 Å². The summed E-state index contributed by atoms with van der Waals surface area (Å²) in [5, 5.41) is 3.42. The Labute approximate surface area is 188 Å². The first-order chi connectivity index (χ1) is 15.8. The third kappa shape index (κ3) is 4.34. The van der Waals surface area contributed by atoms with Crippen molar-refractivity contribution in [1.82, 2.24) is 5.48 Å². The quantitative estimate of drug-likeness (QED) is 0.274. The number of carbonyl (C=O) groups is 1. The Morgan fingerprint density at radius 3 is 1.62 bits per heavy atom. The van der Waals surface area contributed by atoms with Gasteiger partial charge >= 0.3 is 0 Å². The number of hydroxylamine groups is 1. The highest BCUT2D eigenvalue weighted by Crippen LogP contribution is 2.43. The zero-order valence-electron chi connectivity index (χ0n) is 17.7. The molecule has 0 radical (unpaired) electrons. The molecule has 0 fully saturated rings. The predicted molar refractivity (Wildman–Crippen MR) is 133 cm³/mol. The van der Waals surface area contributed by atoms with Crippen LogP contribution in [0.2, 0.25) is 0 Å². The van der Waals surface area contributed by atoms with Crippen molar-refractivity contribution in [2.75, 3.05) is 7.11 Å². The molecule has 4 aromatic rings. The molecule has 0 aliphatic heterocycles. The van der Waals surface area contributed by atoms with Crippen molar-refractivity contribution in [1.29, 1.82) is 0 Å². The number of hydrogen-bond acceptors (Lipinski definition) is 3. The highest BCUT2D eigenvalue weighted by Gasteiger charge is 2.25. The second-order valence-electron chi connectivity index (χ2n) is 7.04. The van der Waals surface area contributed by atoms with Gasteiger partial charge in [0.15, 0.2) is 0 Å². The van der Waals surface area contributed by atoms with Gasteiger partial charge in [-0.05, 0) is 33.6 Å². The van der Waals surface area contributed by atoms with Crippen LogP contribution in [-0.2, 0) is 4.84 Å². The zero-order chi connectivity index (χ0) is 22.2. The Kier molecular flexibility index (Phi) is 6.79. The van der Waals surface area contributed by atoms with Crippen molar-refractivity contribution in [2.45, 2.75) is 0 Å². The van der Waals surface area contributed by atoms with Gasteiger partial charge in [0.25, 0.3) is 5.91 Å². The fourth-order valence-corrected chi connectivity index (χ4v) is 6.97. The van der Waals surface area contributed by atoms with E-state index in [1.54, 1.807) is 12.1 Å². The van der Waals surface area contributed by atoms with Crippen molar-refractivity contribution in [2.24, 2.45) is 4.99 Å². The van der Waals surface area contributed by atoms with Crippen LogP contribution in [0.3, 0.4) is 0 Å². The first kappa shape index (κ1) is 21.5. The SMILES string of the molecule is CONC(=O)c1ccccc1N=C=P(c1ccccc1)(c1ccccc1)c1ccccc1.